The fourth-order valence-electron chi connectivity index (χ4n) is 3.20. The number of nitrogens with one attached hydrogen (secondary N) is 1. The van der Waals surface area contributed by atoms with E-state index in [0.29, 0.717) is 6.54 Å². The molecule has 0 spiro atoms. The number of urea groups is 1. The second-order valence-electron chi connectivity index (χ2n) is 6.87. The number of rotatable bonds is 5. The quantitative estimate of drug-likeness (QED) is 0.614. The molecule has 1 aromatic rings. The number of hydrogen-bond donors (Lipinski definition) is 1. The van der Waals surface area contributed by atoms with Crippen LogP contribution in [0.5, 0.6) is 0 Å². The van der Waals surface area contributed by atoms with Crippen LogP contribution in [0.15, 0.2) is 17.5 Å². The molecule has 26 heavy (non-hydrogen) atoms. The number of amides is 4. The first-order valence-electron chi connectivity index (χ1n) is 8.42. The van der Waals surface area contributed by atoms with E-state index in [1.807, 2.05) is 17.5 Å². The van der Waals surface area contributed by atoms with Gasteiger partial charge in [-0.1, -0.05) is 6.07 Å². The van der Waals surface area contributed by atoms with E-state index in [0.717, 1.165) is 22.6 Å². The fraction of sp³-hybridized carbons (Fsp3) is 0.529. The van der Waals surface area contributed by atoms with E-state index in [4.69, 9.17) is 4.74 Å². The molecule has 2 aliphatic rings. The van der Waals surface area contributed by atoms with Crippen LogP contribution < -0.4 is 5.32 Å². The minimum atomic E-state index is -1.04. The molecular formula is C17H21N3O5S. The lowest BCUT2D eigenvalue weighted by Gasteiger charge is -2.23. The summed E-state index contributed by atoms with van der Waals surface area (Å²) in [6.07, 6.45) is 1.79. The van der Waals surface area contributed by atoms with Gasteiger partial charge in [0.15, 0.2) is 6.61 Å². The molecule has 8 nitrogen and oxygen atoms in total. The summed E-state index contributed by atoms with van der Waals surface area (Å²) in [5.41, 5.74) is -1.04. The highest BCUT2D eigenvalue weighted by molar-refractivity contribution is 7.10. The average Bonchev–Trinajstić information content (AvgIpc) is 3.29. The zero-order valence-electron chi connectivity index (χ0n) is 14.7. The van der Waals surface area contributed by atoms with Crippen molar-refractivity contribution in [2.45, 2.75) is 38.3 Å². The van der Waals surface area contributed by atoms with E-state index in [-0.39, 0.29) is 11.9 Å². The van der Waals surface area contributed by atoms with Crippen molar-refractivity contribution in [2.75, 3.05) is 19.7 Å². The Labute approximate surface area is 155 Å². The summed E-state index contributed by atoms with van der Waals surface area (Å²) in [4.78, 5) is 51.8. The van der Waals surface area contributed by atoms with Crippen LogP contribution in [0.25, 0.3) is 0 Å². The van der Waals surface area contributed by atoms with Gasteiger partial charge in [0.2, 0.25) is 0 Å². The Kier molecular flexibility index (Phi) is 4.99. The number of likely N-dealkylation sites (tertiary alicyclic amines) is 1. The van der Waals surface area contributed by atoms with Crippen LogP contribution in [-0.4, -0.2) is 58.8 Å². The van der Waals surface area contributed by atoms with Gasteiger partial charge in [-0.2, -0.15) is 0 Å². The molecule has 1 N–H and O–H groups in total. The van der Waals surface area contributed by atoms with Crippen molar-refractivity contribution in [2.24, 2.45) is 0 Å². The number of thiophene rings is 1. The molecule has 0 saturated carbocycles. The van der Waals surface area contributed by atoms with Crippen molar-refractivity contribution in [1.82, 2.24) is 15.1 Å². The SMILES string of the molecule is CC1(C)NC(=O)N(CC(=O)OCC(=O)N2CCC[C@H]2c2cccs2)C1=O. The van der Waals surface area contributed by atoms with E-state index in [1.54, 1.807) is 30.1 Å². The van der Waals surface area contributed by atoms with E-state index >= 15 is 0 Å². The highest BCUT2D eigenvalue weighted by Gasteiger charge is 2.45. The largest absolute Gasteiger partial charge is 0.454 e. The van der Waals surface area contributed by atoms with Crippen LogP contribution in [0.3, 0.4) is 0 Å². The van der Waals surface area contributed by atoms with Crippen molar-refractivity contribution in [3.63, 3.8) is 0 Å². The van der Waals surface area contributed by atoms with Crippen LogP contribution in [-0.2, 0) is 19.1 Å². The number of ether oxygens (including phenoxy) is 1. The summed E-state index contributed by atoms with van der Waals surface area (Å²) in [5.74, 6) is -1.55. The molecule has 0 bridgehead atoms. The van der Waals surface area contributed by atoms with Crippen molar-refractivity contribution in [1.29, 1.82) is 0 Å². The zero-order chi connectivity index (χ0) is 18.9. The molecule has 0 aromatic carbocycles. The molecule has 3 heterocycles. The second-order valence-corrected chi connectivity index (χ2v) is 7.85. The van der Waals surface area contributed by atoms with Crippen molar-refractivity contribution >= 4 is 35.2 Å². The van der Waals surface area contributed by atoms with E-state index in [1.165, 1.54) is 0 Å². The van der Waals surface area contributed by atoms with Crippen LogP contribution in [0, 0.1) is 0 Å². The van der Waals surface area contributed by atoms with Crippen molar-refractivity contribution in [3.8, 4) is 0 Å². The summed E-state index contributed by atoms with van der Waals surface area (Å²) in [5, 5.41) is 4.45. The Balaban J connectivity index is 1.52. The van der Waals surface area contributed by atoms with Crippen molar-refractivity contribution in [3.05, 3.63) is 22.4 Å². The summed E-state index contributed by atoms with van der Waals surface area (Å²) in [6, 6.07) is 3.32. The topological polar surface area (TPSA) is 96.0 Å². The number of esters is 1. The molecule has 2 fully saturated rings. The smallest absolute Gasteiger partial charge is 0.326 e. The molecule has 2 aliphatic heterocycles. The van der Waals surface area contributed by atoms with Crippen LogP contribution in [0.2, 0.25) is 0 Å². The minimum Gasteiger partial charge on any atom is -0.454 e. The Hall–Kier alpha value is -2.42. The highest BCUT2D eigenvalue weighted by Crippen LogP contribution is 2.34. The molecule has 1 aromatic heterocycles. The molecule has 1 atom stereocenters. The monoisotopic (exact) mass is 379 g/mol. The molecule has 2 saturated heterocycles. The predicted octanol–water partition coefficient (Wildman–Crippen LogP) is 1.29. The highest BCUT2D eigenvalue weighted by atomic mass is 32.1. The summed E-state index contributed by atoms with van der Waals surface area (Å²) >= 11 is 1.60. The average molecular weight is 379 g/mol. The Morgan fingerprint density at radius 2 is 2.15 bits per heavy atom. The third-order valence-corrected chi connectivity index (χ3v) is 5.51. The second kappa shape index (κ2) is 7.06. The van der Waals surface area contributed by atoms with Crippen molar-refractivity contribution < 1.29 is 23.9 Å². The number of nitrogens with zero attached hydrogens (tertiary/aromatic N) is 2. The van der Waals surface area contributed by atoms with E-state index < -0.39 is 36.6 Å². The van der Waals surface area contributed by atoms with Gasteiger partial charge in [0.25, 0.3) is 11.8 Å². The van der Waals surface area contributed by atoms with Gasteiger partial charge < -0.3 is 15.0 Å². The number of hydrogen-bond acceptors (Lipinski definition) is 6. The lowest BCUT2D eigenvalue weighted by Crippen LogP contribution is -2.41. The lowest BCUT2D eigenvalue weighted by molar-refractivity contribution is -0.154. The minimum absolute atomic E-state index is 0.0212. The Bertz CT molecular complexity index is 731. The number of carbonyl (C=O) groups excluding carboxylic acids is 4. The van der Waals surface area contributed by atoms with Gasteiger partial charge in [-0.15, -0.1) is 11.3 Å². The van der Waals surface area contributed by atoms with Gasteiger partial charge in [-0.25, -0.2) is 4.79 Å². The maximum absolute atomic E-state index is 12.4. The van der Waals surface area contributed by atoms with Crippen LogP contribution in [0.1, 0.15) is 37.6 Å². The molecular weight excluding hydrogens is 358 g/mol. The van der Waals surface area contributed by atoms with E-state index in [2.05, 4.69) is 5.32 Å². The van der Waals surface area contributed by atoms with Gasteiger partial charge >= 0.3 is 12.0 Å². The maximum Gasteiger partial charge on any atom is 0.326 e. The molecule has 3 rings (SSSR count). The zero-order valence-corrected chi connectivity index (χ0v) is 15.5. The molecule has 9 heteroatoms. The lowest BCUT2D eigenvalue weighted by atomic mass is 10.1. The van der Waals surface area contributed by atoms with Gasteiger partial charge in [0.1, 0.15) is 12.1 Å². The standard InChI is InChI=1S/C17H21N3O5S/c1-17(2)15(23)20(16(24)18-17)9-14(22)25-10-13(21)19-7-3-5-11(19)12-6-4-8-26-12/h4,6,8,11H,3,5,7,9-10H2,1-2H3,(H,18,24)/t11-/m0/s1. The summed E-state index contributed by atoms with van der Waals surface area (Å²) < 4.78 is 5.01. The number of carbonyl (C=O) groups is 4. The molecule has 0 radical (unpaired) electrons. The summed E-state index contributed by atoms with van der Waals surface area (Å²) in [6.45, 7) is 2.84. The predicted molar refractivity (Wildman–Crippen MR) is 93.3 cm³/mol. The Morgan fingerprint density at radius 3 is 2.77 bits per heavy atom. The fourth-order valence-corrected chi connectivity index (χ4v) is 4.08. The van der Waals surface area contributed by atoms with E-state index in [9.17, 15) is 19.2 Å². The first-order valence-corrected chi connectivity index (χ1v) is 9.30. The molecule has 0 aliphatic carbocycles. The molecule has 140 valence electrons. The summed E-state index contributed by atoms with van der Waals surface area (Å²) in [7, 11) is 0. The third kappa shape index (κ3) is 3.57. The normalized spacial score (nSPS) is 21.8. The van der Waals surface area contributed by atoms with Crippen LogP contribution >= 0.6 is 11.3 Å². The number of imide groups is 1. The van der Waals surface area contributed by atoms with Gasteiger partial charge in [0.05, 0.1) is 6.04 Å². The third-order valence-electron chi connectivity index (χ3n) is 4.53. The Morgan fingerprint density at radius 1 is 1.38 bits per heavy atom. The first kappa shape index (κ1) is 18.4. The van der Waals surface area contributed by atoms with Crippen LogP contribution in [0.4, 0.5) is 4.79 Å². The molecule has 0 unspecified atom stereocenters. The maximum atomic E-state index is 12.4. The van der Waals surface area contributed by atoms with Gasteiger partial charge in [-0.05, 0) is 38.1 Å². The molecule has 4 amide bonds. The first-order chi connectivity index (χ1) is 12.3. The van der Waals surface area contributed by atoms with Gasteiger partial charge in [-0.3, -0.25) is 19.3 Å². The van der Waals surface area contributed by atoms with Gasteiger partial charge in [0, 0.05) is 11.4 Å².